The first kappa shape index (κ1) is 11.7. The molecule has 0 aliphatic carbocycles. The minimum absolute atomic E-state index is 0.160. The number of anilines is 1. The predicted octanol–water partition coefficient (Wildman–Crippen LogP) is 0.993. The lowest BCUT2D eigenvalue weighted by atomic mass is 10.0. The van der Waals surface area contributed by atoms with Gasteiger partial charge in [-0.25, -0.2) is 0 Å². The van der Waals surface area contributed by atoms with Crippen molar-refractivity contribution in [1.29, 1.82) is 0 Å². The van der Waals surface area contributed by atoms with E-state index in [2.05, 4.69) is 15.5 Å². The SMILES string of the molecule is Nc1nnc(C(=O)NCC2CCSCC2)s1. The molecule has 0 atom stereocenters. The third-order valence-electron chi connectivity index (χ3n) is 2.53. The van der Waals surface area contributed by atoms with Gasteiger partial charge in [-0.3, -0.25) is 4.79 Å². The molecule has 1 aliphatic rings. The Bertz CT molecular complexity index is 362. The van der Waals surface area contributed by atoms with Crippen molar-refractivity contribution in [1.82, 2.24) is 15.5 Å². The number of aromatic nitrogens is 2. The smallest absolute Gasteiger partial charge is 0.282 e. The van der Waals surface area contributed by atoms with Crippen LogP contribution in [0.3, 0.4) is 0 Å². The molecule has 0 saturated carbocycles. The minimum atomic E-state index is -0.160. The van der Waals surface area contributed by atoms with E-state index in [4.69, 9.17) is 5.73 Å². The number of thioether (sulfide) groups is 1. The van der Waals surface area contributed by atoms with Crippen LogP contribution in [0, 0.1) is 5.92 Å². The quantitative estimate of drug-likeness (QED) is 0.845. The lowest BCUT2D eigenvalue weighted by Crippen LogP contribution is -2.30. The molecule has 2 rings (SSSR count). The van der Waals surface area contributed by atoms with E-state index in [9.17, 15) is 4.79 Å². The van der Waals surface area contributed by atoms with Gasteiger partial charge in [0.15, 0.2) is 0 Å². The van der Waals surface area contributed by atoms with Crippen molar-refractivity contribution in [3.8, 4) is 0 Å². The van der Waals surface area contributed by atoms with Crippen LogP contribution < -0.4 is 11.1 Å². The van der Waals surface area contributed by atoms with Gasteiger partial charge in [0.25, 0.3) is 5.91 Å². The number of nitrogens with zero attached hydrogens (tertiary/aromatic N) is 2. The zero-order valence-corrected chi connectivity index (χ0v) is 10.4. The van der Waals surface area contributed by atoms with Crippen molar-refractivity contribution in [3.05, 3.63) is 5.01 Å². The molecule has 1 fully saturated rings. The molecule has 1 aromatic heterocycles. The van der Waals surface area contributed by atoms with E-state index in [0.717, 1.165) is 17.9 Å². The maximum Gasteiger partial charge on any atom is 0.282 e. The molecular formula is C9H14N4OS2. The second-order valence-corrected chi connectivity index (χ2v) is 5.95. The van der Waals surface area contributed by atoms with Crippen molar-refractivity contribution in [2.45, 2.75) is 12.8 Å². The van der Waals surface area contributed by atoms with Crippen LogP contribution in [-0.4, -0.2) is 34.2 Å². The molecule has 0 spiro atoms. The van der Waals surface area contributed by atoms with E-state index >= 15 is 0 Å². The lowest BCUT2D eigenvalue weighted by Gasteiger charge is -2.21. The maximum atomic E-state index is 11.6. The summed E-state index contributed by atoms with van der Waals surface area (Å²) < 4.78 is 0. The number of hydrogen-bond acceptors (Lipinski definition) is 6. The van der Waals surface area contributed by atoms with Crippen molar-refractivity contribution in [2.24, 2.45) is 5.92 Å². The summed E-state index contributed by atoms with van der Waals surface area (Å²) in [5.74, 6) is 2.85. The van der Waals surface area contributed by atoms with Crippen LogP contribution >= 0.6 is 23.1 Å². The summed E-state index contributed by atoms with van der Waals surface area (Å²) in [6.45, 7) is 0.735. The number of rotatable bonds is 3. The third-order valence-corrected chi connectivity index (χ3v) is 4.33. The van der Waals surface area contributed by atoms with Crippen molar-refractivity contribution in [3.63, 3.8) is 0 Å². The Morgan fingerprint density at radius 3 is 2.81 bits per heavy atom. The first-order chi connectivity index (χ1) is 7.75. The molecule has 1 amide bonds. The summed E-state index contributed by atoms with van der Waals surface area (Å²) in [6.07, 6.45) is 2.37. The van der Waals surface area contributed by atoms with Crippen LogP contribution in [0.1, 0.15) is 22.6 Å². The fraction of sp³-hybridized carbons (Fsp3) is 0.667. The molecule has 0 bridgehead atoms. The molecule has 0 unspecified atom stereocenters. The van der Waals surface area contributed by atoms with Crippen molar-refractivity contribution < 1.29 is 4.79 Å². The first-order valence-corrected chi connectivity index (χ1v) is 7.18. The standard InChI is InChI=1S/C9H14N4OS2/c10-9-13-12-8(16-9)7(14)11-5-6-1-3-15-4-2-6/h6H,1-5H2,(H2,10,13)(H,11,14). The zero-order chi connectivity index (χ0) is 11.4. The van der Waals surface area contributed by atoms with Gasteiger partial charge in [-0.2, -0.15) is 11.8 Å². The molecule has 0 radical (unpaired) electrons. The molecule has 7 heteroatoms. The van der Waals surface area contributed by atoms with Crippen LogP contribution in [0.4, 0.5) is 5.13 Å². The van der Waals surface area contributed by atoms with E-state index in [1.54, 1.807) is 0 Å². The number of nitrogens with one attached hydrogen (secondary N) is 1. The normalized spacial score (nSPS) is 17.2. The van der Waals surface area contributed by atoms with Gasteiger partial charge in [0.05, 0.1) is 0 Å². The highest BCUT2D eigenvalue weighted by Crippen LogP contribution is 2.22. The molecular weight excluding hydrogens is 244 g/mol. The van der Waals surface area contributed by atoms with Gasteiger partial charge in [-0.1, -0.05) is 11.3 Å². The summed E-state index contributed by atoms with van der Waals surface area (Å²) in [5.41, 5.74) is 5.42. The fourth-order valence-corrected chi connectivity index (χ4v) is 3.32. The highest BCUT2D eigenvalue weighted by molar-refractivity contribution is 7.99. The third kappa shape index (κ3) is 3.08. The van der Waals surface area contributed by atoms with Gasteiger partial charge in [-0.05, 0) is 30.3 Å². The summed E-state index contributed by atoms with van der Waals surface area (Å²) in [5, 5.41) is 10.9. The van der Waals surface area contributed by atoms with Crippen molar-refractivity contribution >= 4 is 34.1 Å². The van der Waals surface area contributed by atoms with Crippen LogP contribution in [0.15, 0.2) is 0 Å². The molecule has 1 aliphatic heterocycles. The summed E-state index contributed by atoms with van der Waals surface area (Å²) in [7, 11) is 0. The average molecular weight is 258 g/mol. The molecule has 3 N–H and O–H groups in total. The number of hydrogen-bond donors (Lipinski definition) is 2. The topological polar surface area (TPSA) is 80.9 Å². The second kappa shape index (κ2) is 5.49. The number of nitrogens with two attached hydrogens (primary N) is 1. The zero-order valence-electron chi connectivity index (χ0n) is 8.81. The molecule has 88 valence electrons. The van der Waals surface area contributed by atoms with Crippen LogP contribution in [0.25, 0.3) is 0 Å². The highest BCUT2D eigenvalue weighted by atomic mass is 32.2. The molecule has 1 aromatic rings. The van der Waals surface area contributed by atoms with Crippen LogP contribution in [0.5, 0.6) is 0 Å². The van der Waals surface area contributed by atoms with Crippen molar-refractivity contribution in [2.75, 3.05) is 23.8 Å². The van der Waals surface area contributed by atoms with Crippen LogP contribution in [0.2, 0.25) is 0 Å². The van der Waals surface area contributed by atoms with Gasteiger partial charge in [0, 0.05) is 6.54 Å². The maximum absolute atomic E-state index is 11.6. The van der Waals surface area contributed by atoms with Gasteiger partial charge in [-0.15, -0.1) is 10.2 Å². The van der Waals surface area contributed by atoms with E-state index in [-0.39, 0.29) is 5.91 Å². The predicted molar refractivity (Wildman–Crippen MR) is 66.7 cm³/mol. The van der Waals surface area contributed by atoms with Gasteiger partial charge < -0.3 is 11.1 Å². The Balaban J connectivity index is 1.79. The number of amides is 1. The summed E-state index contributed by atoms with van der Waals surface area (Å²) in [4.78, 5) is 11.6. The highest BCUT2D eigenvalue weighted by Gasteiger charge is 2.16. The van der Waals surface area contributed by atoms with Gasteiger partial charge in [0.1, 0.15) is 0 Å². The lowest BCUT2D eigenvalue weighted by molar-refractivity contribution is 0.0945. The fourth-order valence-electron chi connectivity index (χ4n) is 1.59. The van der Waals surface area contributed by atoms with E-state index in [1.165, 1.54) is 24.3 Å². The number of nitrogen functional groups attached to an aromatic ring is 1. The Hall–Kier alpha value is -0.820. The largest absolute Gasteiger partial charge is 0.374 e. The van der Waals surface area contributed by atoms with E-state index in [1.807, 2.05) is 11.8 Å². The minimum Gasteiger partial charge on any atom is -0.374 e. The van der Waals surface area contributed by atoms with E-state index < -0.39 is 0 Å². The van der Waals surface area contributed by atoms with Gasteiger partial charge >= 0.3 is 0 Å². The number of carbonyl (C=O) groups is 1. The Kier molecular flexibility index (Phi) is 4.00. The average Bonchev–Trinajstić information content (AvgIpc) is 2.74. The molecule has 1 saturated heterocycles. The summed E-state index contributed by atoms with van der Waals surface area (Å²) in [6, 6.07) is 0. The second-order valence-electron chi connectivity index (χ2n) is 3.71. The molecule has 16 heavy (non-hydrogen) atoms. The summed E-state index contributed by atoms with van der Waals surface area (Å²) >= 11 is 3.10. The molecule has 2 heterocycles. The van der Waals surface area contributed by atoms with E-state index in [0.29, 0.717) is 16.1 Å². The number of carbonyl (C=O) groups excluding carboxylic acids is 1. The molecule has 5 nitrogen and oxygen atoms in total. The monoisotopic (exact) mass is 258 g/mol. The Morgan fingerprint density at radius 2 is 2.19 bits per heavy atom. The van der Waals surface area contributed by atoms with Gasteiger partial charge in [0.2, 0.25) is 10.1 Å². The Labute approximate surface area is 102 Å². The Morgan fingerprint density at radius 1 is 1.44 bits per heavy atom. The van der Waals surface area contributed by atoms with Crippen LogP contribution in [-0.2, 0) is 0 Å². The molecule has 0 aromatic carbocycles. The first-order valence-electron chi connectivity index (χ1n) is 5.20.